The highest BCUT2D eigenvalue weighted by molar-refractivity contribution is 5.99. The third-order valence-electron chi connectivity index (χ3n) is 4.49. The number of rotatable bonds is 7. The predicted octanol–water partition coefficient (Wildman–Crippen LogP) is 4.20. The Balaban J connectivity index is 1.80. The minimum absolute atomic E-state index is 0.145. The van der Waals surface area contributed by atoms with E-state index in [1.54, 1.807) is 13.2 Å². The number of nitrogens with zero attached hydrogens (tertiary/aromatic N) is 2. The molecule has 1 aromatic heterocycles. The number of methoxy groups -OCH3 is 1. The lowest BCUT2D eigenvalue weighted by molar-refractivity contribution is 0.0858. The number of anilines is 2. The Hall–Kier alpha value is -3.32. The first-order chi connectivity index (χ1) is 14.2. The molecule has 1 atom stereocenters. The van der Waals surface area contributed by atoms with Crippen molar-refractivity contribution in [3.8, 4) is 17.2 Å². The molecule has 3 aromatic rings. The number of fused-ring (bicyclic) bond motifs is 3. The largest absolute Gasteiger partial charge is 0.485 e. The molecule has 0 saturated carbocycles. The standard InChI is InChI=1S/C22H23N3O4/c1-4-15-6-5-7-16(10-15)25-22-19-17(23-13-24-22)11-18(29-14(2)12-26-3)20-21(19)28-9-8-27-20/h4-7,10-11,13-14H,1,8-9,12H2,2-3H3,(H,23,24,25). The summed E-state index contributed by atoms with van der Waals surface area (Å²) in [6, 6.07) is 9.76. The number of nitrogens with one attached hydrogen (secondary N) is 1. The second-order valence-corrected chi connectivity index (χ2v) is 6.68. The van der Waals surface area contributed by atoms with Crippen LogP contribution in [0, 0.1) is 0 Å². The molecule has 1 aliphatic heterocycles. The van der Waals surface area contributed by atoms with Crippen LogP contribution in [0.1, 0.15) is 12.5 Å². The molecule has 1 unspecified atom stereocenters. The maximum absolute atomic E-state index is 6.03. The normalized spacial score (nSPS) is 13.7. The summed E-state index contributed by atoms with van der Waals surface area (Å²) < 4.78 is 23.1. The lowest BCUT2D eigenvalue weighted by atomic mass is 10.1. The molecule has 2 heterocycles. The highest BCUT2D eigenvalue weighted by atomic mass is 16.6. The molecule has 0 fully saturated rings. The van der Waals surface area contributed by atoms with Gasteiger partial charge in [-0.1, -0.05) is 24.8 Å². The van der Waals surface area contributed by atoms with Gasteiger partial charge in [0.2, 0.25) is 5.75 Å². The first-order valence-electron chi connectivity index (χ1n) is 9.42. The highest BCUT2D eigenvalue weighted by Gasteiger charge is 2.25. The van der Waals surface area contributed by atoms with E-state index in [9.17, 15) is 0 Å². The number of hydrogen-bond donors (Lipinski definition) is 1. The van der Waals surface area contributed by atoms with Gasteiger partial charge in [-0.05, 0) is 24.6 Å². The Kier molecular flexibility index (Phi) is 5.48. The van der Waals surface area contributed by atoms with Crippen LogP contribution in [0.3, 0.4) is 0 Å². The van der Waals surface area contributed by atoms with Gasteiger partial charge in [0.1, 0.15) is 31.5 Å². The Bertz CT molecular complexity index is 1040. The molecule has 0 spiro atoms. The molecule has 1 N–H and O–H groups in total. The van der Waals surface area contributed by atoms with Crippen LogP contribution >= 0.6 is 0 Å². The van der Waals surface area contributed by atoms with Gasteiger partial charge < -0.3 is 24.3 Å². The van der Waals surface area contributed by atoms with E-state index in [1.807, 2.05) is 37.3 Å². The molecule has 150 valence electrons. The molecular formula is C22H23N3O4. The molecule has 29 heavy (non-hydrogen) atoms. The van der Waals surface area contributed by atoms with Crippen molar-refractivity contribution in [2.24, 2.45) is 0 Å². The molecule has 2 aromatic carbocycles. The van der Waals surface area contributed by atoms with E-state index in [1.165, 1.54) is 6.33 Å². The minimum atomic E-state index is -0.145. The van der Waals surface area contributed by atoms with Gasteiger partial charge in [0.25, 0.3) is 0 Å². The molecule has 0 radical (unpaired) electrons. The van der Waals surface area contributed by atoms with E-state index in [0.717, 1.165) is 16.6 Å². The van der Waals surface area contributed by atoms with Crippen molar-refractivity contribution < 1.29 is 18.9 Å². The molecule has 0 amide bonds. The SMILES string of the molecule is C=Cc1cccc(Nc2ncnc3cc(OC(C)COC)c4c(c23)OCCO4)c1. The fraction of sp³-hybridized carbons (Fsp3) is 0.273. The molecule has 0 aliphatic carbocycles. The van der Waals surface area contributed by atoms with Crippen LogP contribution in [0.25, 0.3) is 17.0 Å². The van der Waals surface area contributed by atoms with Crippen molar-refractivity contribution in [3.05, 3.63) is 48.8 Å². The Labute approximate surface area is 169 Å². The maximum atomic E-state index is 6.03. The van der Waals surface area contributed by atoms with Gasteiger partial charge in [-0.25, -0.2) is 9.97 Å². The third-order valence-corrected chi connectivity index (χ3v) is 4.49. The monoisotopic (exact) mass is 393 g/mol. The summed E-state index contributed by atoms with van der Waals surface area (Å²) in [5.74, 6) is 2.35. The number of ether oxygens (including phenoxy) is 4. The Morgan fingerprint density at radius 3 is 2.83 bits per heavy atom. The smallest absolute Gasteiger partial charge is 0.204 e. The fourth-order valence-corrected chi connectivity index (χ4v) is 3.26. The van der Waals surface area contributed by atoms with Crippen LogP contribution in [0.5, 0.6) is 17.2 Å². The van der Waals surface area contributed by atoms with E-state index in [4.69, 9.17) is 18.9 Å². The number of benzene rings is 2. The topological polar surface area (TPSA) is 74.7 Å². The fourth-order valence-electron chi connectivity index (χ4n) is 3.26. The van der Waals surface area contributed by atoms with Crippen LogP contribution in [0.15, 0.2) is 43.2 Å². The Morgan fingerprint density at radius 1 is 1.21 bits per heavy atom. The summed E-state index contributed by atoms with van der Waals surface area (Å²) in [4.78, 5) is 8.87. The third kappa shape index (κ3) is 3.95. The van der Waals surface area contributed by atoms with E-state index in [0.29, 0.717) is 48.4 Å². The van der Waals surface area contributed by atoms with E-state index in [2.05, 4.69) is 21.9 Å². The second kappa shape index (κ2) is 8.36. The lowest BCUT2D eigenvalue weighted by Crippen LogP contribution is -2.21. The van der Waals surface area contributed by atoms with Crippen molar-refractivity contribution >= 4 is 28.5 Å². The van der Waals surface area contributed by atoms with Crippen LogP contribution in [0.4, 0.5) is 11.5 Å². The second-order valence-electron chi connectivity index (χ2n) is 6.68. The van der Waals surface area contributed by atoms with Gasteiger partial charge in [0.05, 0.1) is 17.5 Å². The van der Waals surface area contributed by atoms with E-state index < -0.39 is 0 Å². The summed E-state index contributed by atoms with van der Waals surface area (Å²) in [6.07, 6.45) is 3.17. The summed E-state index contributed by atoms with van der Waals surface area (Å²) in [7, 11) is 1.64. The molecule has 1 aliphatic rings. The Morgan fingerprint density at radius 2 is 2.03 bits per heavy atom. The molecule has 4 rings (SSSR count). The highest BCUT2D eigenvalue weighted by Crippen LogP contribution is 2.47. The molecule has 7 heteroatoms. The van der Waals surface area contributed by atoms with Gasteiger partial charge in [-0.2, -0.15) is 0 Å². The zero-order chi connectivity index (χ0) is 20.2. The van der Waals surface area contributed by atoms with Gasteiger partial charge in [-0.3, -0.25) is 0 Å². The van der Waals surface area contributed by atoms with Gasteiger partial charge in [0.15, 0.2) is 11.5 Å². The van der Waals surface area contributed by atoms with Crippen molar-refractivity contribution in [1.29, 1.82) is 0 Å². The van der Waals surface area contributed by atoms with Crippen LogP contribution in [0.2, 0.25) is 0 Å². The minimum Gasteiger partial charge on any atom is -0.485 e. The first-order valence-corrected chi connectivity index (χ1v) is 9.42. The summed E-state index contributed by atoms with van der Waals surface area (Å²) in [6.45, 7) is 7.11. The van der Waals surface area contributed by atoms with Crippen molar-refractivity contribution in [2.45, 2.75) is 13.0 Å². The van der Waals surface area contributed by atoms with Gasteiger partial charge >= 0.3 is 0 Å². The average Bonchev–Trinajstić information content (AvgIpc) is 2.74. The predicted molar refractivity (Wildman–Crippen MR) is 112 cm³/mol. The van der Waals surface area contributed by atoms with Crippen molar-refractivity contribution in [3.63, 3.8) is 0 Å². The van der Waals surface area contributed by atoms with E-state index >= 15 is 0 Å². The molecular weight excluding hydrogens is 370 g/mol. The van der Waals surface area contributed by atoms with Crippen LogP contribution < -0.4 is 19.5 Å². The van der Waals surface area contributed by atoms with Crippen molar-refractivity contribution in [2.75, 3.05) is 32.2 Å². The summed E-state index contributed by atoms with van der Waals surface area (Å²) >= 11 is 0. The lowest BCUT2D eigenvalue weighted by Gasteiger charge is -2.25. The quantitative estimate of drug-likeness (QED) is 0.645. The van der Waals surface area contributed by atoms with Crippen LogP contribution in [-0.2, 0) is 4.74 Å². The zero-order valence-electron chi connectivity index (χ0n) is 16.5. The average molecular weight is 393 g/mol. The van der Waals surface area contributed by atoms with E-state index in [-0.39, 0.29) is 6.10 Å². The van der Waals surface area contributed by atoms with Crippen molar-refractivity contribution in [1.82, 2.24) is 9.97 Å². The number of aromatic nitrogens is 2. The van der Waals surface area contributed by atoms with Gasteiger partial charge in [0, 0.05) is 18.9 Å². The molecule has 0 bridgehead atoms. The summed E-state index contributed by atoms with van der Waals surface area (Å²) in [5.41, 5.74) is 2.60. The first kappa shape index (κ1) is 19.0. The number of hydrogen-bond acceptors (Lipinski definition) is 7. The maximum Gasteiger partial charge on any atom is 0.204 e. The molecule has 7 nitrogen and oxygen atoms in total. The summed E-state index contributed by atoms with van der Waals surface area (Å²) in [5, 5.41) is 4.11. The zero-order valence-corrected chi connectivity index (χ0v) is 16.5. The van der Waals surface area contributed by atoms with Crippen LogP contribution in [-0.4, -0.2) is 43.0 Å². The van der Waals surface area contributed by atoms with Gasteiger partial charge in [-0.15, -0.1) is 0 Å². The molecule has 0 saturated heterocycles.